The number of piperazine rings is 1. The summed E-state index contributed by atoms with van der Waals surface area (Å²) in [5.41, 5.74) is 0.767. The summed E-state index contributed by atoms with van der Waals surface area (Å²) in [7, 11) is 0. The number of nitrogens with one attached hydrogen (secondary N) is 1. The molecule has 4 rings (SSSR count). The Bertz CT molecular complexity index is 745. The van der Waals surface area contributed by atoms with Gasteiger partial charge in [0.15, 0.2) is 11.5 Å². The van der Waals surface area contributed by atoms with Crippen molar-refractivity contribution >= 4 is 17.4 Å². The van der Waals surface area contributed by atoms with Crippen LogP contribution in [0, 0.1) is 6.92 Å². The van der Waals surface area contributed by atoms with Crippen LogP contribution in [0.25, 0.3) is 5.65 Å². The number of carbonyl (C=O) groups is 1. The first-order valence-corrected chi connectivity index (χ1v) is 9.15. The van der Waals surface area contributed by atoms with Gasteiger partial charge in [0.25, 0.3) is 0 Å². The maximum Gasteiger partial charge on any atom is 0.234 e. The van der Waals surface area contributed by atoms with Gasteiger partial charge in [0.1, 0.15) is 5.82 Å². The van der Waals surface area contributed by atoms with Crippen LogP contribution in [-0.2, 0) is 4.79 Å². The van der Waals surface area contributed by atoms with Gasteiger partial charge in [-0.3, -0.25) is 9.69 Å². The smallest absolute Gasteiger partial charge is 0.234 e. The molecule has 0 bridgehead atoms. The summed E-state index contributed by atoms with van der Waals surface area (Å²) in [4.78, 5) is 16.7. The van der Waals surface area contributed by atoms with Crippen LogP contribution in [0.5, 0.6) is 0 Å². The van der Waals surface area contributed by atoms with Crippen LogP contribution in [0.15, 0.2) is 12.1 Å². The average Bonchev–Trinajstić information content (AvgIpc) is 3.25. The zero-order valence-electron chi connectivity index (χ0n) is 14.7. The van der Waals surface area contributed by atoms with E-state index in [4.69, 9.17) is 0 Å². The lowest BCUT2D eigenvalue weighted by Gasteiger charge is -2.35. The third-order valence-corrected chi connectivity index (χ3v) is 5.19. The lowest BCUT2D eigenvalue weighted by Crippen LogP contribution is -2.50. The van der Waals surface area contributed by atoms with Crippen LogP contribution >= 0.6 is 0 Å². The van der Waals surface area contributed by atoms with Crippen molar-refractivity contribution in [2.45, 2.75) is 38.6 Å². The number of hydrogen-bond acceptors (Lipinski definition) is 6. The summed E-state index contributed by atoms with van der Waals surface area (Å²) in [5, 5.41) is 15.9. The van der Waals surface area contributed by atoms with Crippen LogP contribution in [0.1, 0.15) is 31.5 Å². The molecule has 3 heterocycles. The van der Waals surface area contributed by atoms with E-state index < -0.39 is 0 Å². The van der Waals surface area contributed by atoms with Gasteiger partial charge < -0.3 is 10.2 Å². The van der Waals surface area contributed by atoms with Crippen molar-refractivity contribution in [3.8, 4) is 0 Å². The fourth-order valence-corrected chi connectivity index (χ4v) is 3.74. The second-order valence-electron chi connectivity index (χ2n) is 7.02. The third-order valence-electron chi connectivity index (χ3n) is 5.19. The molecule has 2 aromatic rings. The molecule has 2 fully saturated rings. The summed E-state index contributed by atoms with van der Waals surface area (Å²) < 4.78 is 1.77. The van der Waals surface area contributed by atoms with E-state index in [0.29, 0.717) is 12.6 Å². The highest BCUT2D eigenvalue weighted by Crippen LogP contribution is 2.18. The maximum atomic E-state index is 12.2. The zero-order chi connectivity index (χ0) is 17.2. The van der Waals surface area contributed by atoms with Gasteiger partial charge in [-0.2, -0.15) is 4.52 Å². The predicted octanol–water partition coefficient (Wildman–Crippen LogP) is 0.614. The van der Waals surface area contributed by atoms with Crippen LogP contribution in [0.4, 0.5) is 5.82 Å². The Kier molecular flexibility index (Phi) is 4.52. The summed E-state index contributed by atoms with van der Waals surface area (Å²) in [6.07, 6.45) is 4.76. The van der Waals surface area contributed by atoms with Crippen LogP contribution in [0.2, 0.25) is 0 Å². The van der Waals surface area contributed by atoms with E-state index in [2.05, 4.69) is 30.4 Å². The second-order valence-corrected chi connectivity index (χ2v) is 7.02. The van der Waals surface area contributed by atoms with E-state index in [1.165, 1.54) is 12.8 Å². The number of aromatic nitrogens is 4. The summed E-state index contributed by atoms with van der Waals surface area (Å²) in [6, 6.07) is 4.34. The highest BCUT2D eigenvalue weighted by atomic mass is 16.2. The van der Waals surface area contributed by atoms with Crippen molar-refractivity contribution in [1.82, 2.24) is 30.0 Å². The number of rotatable bonds is 4. The SMILES string of the molecule is Cc1nnc2ccc(N3CCN(CC(=O)NC4CCCC4)CC3)nn12. The average molecular weight is 343 g/mol. The molecule has 0 unspecified atom stereocenters. The molecule has 8 heteroatoms. The van der Waals surface area contributed by atoms with E-state index in [9.17, 15) is 4.79 Å². The Hall–Kier alpha value is -2.22. The minimum absolute atomic E-state index is 0.167. The molecule has 2 aliphatic rings. The molecular weight excluding hydrogens is 318 g/mol. The highest BCUT2D eigenvalue weighted by Gasteiger charge is 2.22. The Balaban J connectivity index is 1.31. The van der Waals surface area contributed by atoms with Crippen molar-refractivity contribution in [3.63, 3.8) is 0 Å². The molecule has 0 atom stereocenters. The van der Waals surface area contributed by atoms with Crippen LogP contribution < -0.4 is 10.2 Å². The number of anilines is 1. The topological polar surface area (TPSA) is 78.7 Å². The van der Waals surface area contributed by atoms with Crippen molar-refractivity contribution in [2.24, 2.45) is 0 Å². The third kappa shape index (κ3) is 3.58. The standard InChI is InChI=1S/C17H25N7O/c1-13-19-20-15-6-7-16(21-24(13)15)23-10-8-22(9-11-23)12-17(25)18-14-4-2-3-5-14/h6-7,14H,2-5,8-12H2,1H3,(H,18,25). The van der Waals surface area contributed by atoms with Crippen molar-refractivity contribution < 1.29 is 4.79 Å². The molecule has 0 aromatic carbocycles. The minimum Gasteiger partial charge on any atom is -0.353 e. The zero-order valence-corrected chi connectivity index (χ0v) is 14.7. The number of nitrogens with zero attached hydrogens (tertiary/aromatic N) is 6. The molecule has 134 valence electrons. The summed E-state index contributed by atoms with van der Waals surface area (Å²) >= 11 is 0. The van der Waals surface area contributed by atoms with Crippen LogP contribution in [-0.4, -0.2) is 69.4 Å². The summed E-state index contributed by atoms with van der Waals surface area (Å²) in [6.45, 7) is 5.89. The maximum absolute atomic E-state index is 12.2. The molecule has 25 heavy (non-hydrogen) atoms. The van der Waals surface area contributed by atoms with Gasteiger partial charge in [-0.25, -0.2) is 0 Å². The molecule has 1 amide bonds. The molecule has 1 aliphatic heterocycles. The Morgan fingerprint density at radius 1 is 1.16 bits per heavy atom. The molecule has 1 N–H and O–H groups in total. The number of carbonyl (C=O) groups excluding carboxylic acids is 1. The predicted molar refractivity (Wildman–Crippen MR) is 94.6 cm³/mol. The number of amides is 1. The first-order valence-electron chi connectivity index (χ1n) is 9.15. The molecular formula is C17H25N7O. The van der Waals surface area contributed by atoms with E-state index in [1.54, 1.807) is 4.52 Å². The van der Waals surface area contributed by atoms with Gasteiger partial charge in [0.2, 0.25) is 5.91 Å². The van der Waals surface area contributed by atoms with Crippen LogP contribution in [0.3, 0.4) is 0 Å². The van der Waals surface area contributed by atoms with Crippen molar-refractivity contribution in [3.05, 3.63) is 18.0 Å². The fourth-order valence-electron chi connectivity index (χ4n) is 3.74. The van der Waals surface area contributed by atoms with Gasteiger partial charge in [0.05, 0.1) is 6.54 Å². The van der Waals surface area contributed by atoms with Crippen molar-refractivity contribution in [1.29, 1.82) is 0 Å². The highest BCUT2D eigenvalue weighted by molar-refractivity contribution is 5.78. The van der Waals surface area contributed by atoms with Gasteiger partial charge >= 0.3 is 0 Å². The summed E-state index contributed by atoms with van der Waals surface area (Å²) in [5.74, 6) is 1.89. The van der Waals surface area contributed by atoms with Crippen molar-refractivity contribution in [2.75, 3.05) is 37.6 Å². The minimum atomic E-state index is 0.167. The quantitative estimate of drug-likeness (QED) is 0.876. The van der Waals surface area contributed by atoms with E-state index in [0.717, 1.165) is 56.3 Å². The number of aryl methyl sites for hydroxylation is 1. The Morgan fingerprint density at radius 3 is 2.68 bits per heavy atom. The molecule has 0 spiro atoms. The van der Waals surface area contributed by atoms with E-state index >= 15 is 0 Å². The number of hydrogen-bond donors (Lipinski definition) is 1. The lowest BCUT2D eigenvalue weighted by atomic mass is 10.2. The van der Waals surface area contributed by atoms with Gasteiger partial charge in [-0.1, -0.05) is 12.8 Å². The van der Waals surface area contributed by atoms with Gasteiger partial charge in [-0.05, 0) is 31.9 Å². The largest absolute Gasteiger partial charge is 0.353 e. The molecule has 1 aliphatic carbocycles. The monoisotopic (exact) mass is 343 g/mol. The molecule has 0 radical (unpaired) electrons. The Morgan fingerprint density at radius 2 is 1.92 bits per heavy atom. The van der Waals surface area contributed by atoms with E-state index in [1.807, 2.05) is 19.1 Å². The number of fused-ring (bicyclic) bond motifs is 1. The lowest BCUT2D eigenvalue weighted by molar-refractivity contribution is -0.123. The van der Waals surface area contributed by atoms with Gasteiger partial charge in [0, 0.05) is 32.2 Å². The fraction of sp³-hybridized carbons (Fsp3) is 0.647. The molecule has 1 saturated carbocycles. The first-order chi connectivity index (χ1) is 12.2. The Labute approximate surface area is 147 Å². The second kappa shape index (κ2) is 6.95. The first kappa shape index (κ1) is 16.3. The van der Waals surface area contributed by atoms with Gasteiger partial charge in [-0.15, -0.1) is 15.3 Å². The molecule has 2 aromatic heterocycles. The normalized spacial score (nSPS) is 19.6. The van der Waals surface area contributed by atoms with E-state index in [-0.39, 0.29) is 5.91 Å². The molecule has 1 saturated heterocycles. The molecule has 8 nitrogen and oxygen atoms in total.